The van der Waals surface area contributed by atoms with Crippen molar-refractivity contribution in [1.29, 1.82) is 0 Å². The highest BCUT2D eigenvalue weighted by Gasteiger charge is 2.38. The molecule has 3 heterocycles. The quantitative estimate of drug-likeness (QED) is 0.548. The zero-order valence-corrected chi connectivity index (χ0v) is 16.9. The first-order chi connectivity index (χ1) is 14.6. The molecule has 2 amide bonds. The molecule has 1 aromatic heterocycles. The molecule has 31 heavy (non-hydrogen) atoms. The predicted octanol–water partition coefficient (Wildman–Crippen LogP) is -0.0689. The Morgan fingerprint density at radius 1 is 1.13 bits per heavy atom. The molecule has 2 aliphatic rings. The molecule has 4 N–H and O–H groups in total. The molecule has 0 radical (unpaired) electrons. The first kappa shape index (κ1) is 20.8. The molecular weight excluding hydrogens is 428 g/mol. The fourth-order valence-electron chi connectivity index (χ4n) is 3.90. The van der Waals surface area contributed by atoms with Crippen molar-refractivity contribution in [2.75, 3.05) is 12.3 Å². The van der Waals surface area contributed by atoms with E-state index in [1.165, 1.54) is 24.3 Å². The van der Waals surface area contributed by atoms with E-state index >= 15 is 0 Å². The highest BCUT2D eigenvalue weighted by molar-refractivity contribution is 7.89. The number of rotatable bonds is 4. The number of hydrogen-bond acceptors (Lipinski definition) is 7. The van der Waals surface area contributed by atoms with Gasteiger partial charge in [-0.1, -0.05) is 6.07 Å². The minimum absolute atomic E-state index is 0.0578. The fraction of sp³-hybridized carbons (Fsp3) is 0.263. The Hall–Kier alpha value is -3.51. The van der Waals surface area contributed by atoms with Gasteiger partial charge >= 0.3 is 5.97 Å². The number of carboxylic acid groups (broad SMARTS) is 1. The lowest BCUT2D eigenvalue weighted by molar-refractivity contribution is -0.142. The van der Waals surface area contributed by atoms with Crippen LogP contribution in [-0.4, -0.2) is 52.8 Å². The van der Waals surface area contributed by atoms with Gasteiger partial charge in [0.25, 0.3) is 17.4 Å². The maximum absolute atomic E-state index is 13.2. The molecule has 0 saturated carbocycles. The molecule has 2 aromatic rings. The number of fused-ring (bicyclic) bond motifs is 1. The van der Waals surface area contributed by atoms with E-state index in [4.69, 9.17) is 5.73 Å². The fourth-order valence-corrected chi connectivity index (χ4v) is 5.59. The second-order valence-electron chi connectivity index (χ2n) is 7.24. The summed E-state index contributed by atoms with van der Waals surface area (Å²) in [4.78, 5) is 47.8. The van der Waals surface area contributed by atoms with Crippen LogP contribution in [0.5, 0.6) is 0 Å². The van der Waals surface area contributed by atoms with Crippen molar-refractivity contribution < 1.29 is 27.9 Å². The van der Waals surface area contributed by atoms with Crippen LogP contribution in [0.2, 0.25) is 0 Å². The Kier molecular flexibility index (Phi) is 4.90. The number of piperidine rings is 1. The third-order valence-corrected chi connectivity index (χ3v) is 7.28. The Labute approximate surface area is 176 Å². The van der Waals surface area contributed by atoms with Crippen LogP contribution in [0.25, 0.3) is 5.69 Å². The molecule has 1 fully saturated rings. The number of hydrogen-bond donors (Lipinski definition) is 3. The van der Waals surface area contributed by atoms with Crippen molar-refractivity contribution >= 4 is 33.6 Å². The molecular formula is C19H18N4O7S. The van der Waals surface area contributed by atoms with Gasteiger partial charge in [0.1, 0.15) is 11.9 Å². The first-order valence-electron chi connectivity index (χ1n) is 9.39. The average molecular weight is 446 g/mol. The van der Waals surface area contributed by atoms with E-state index in [2.05, 4.69) is 5.32 Å². The van der Waals surface area contributed by atoms with Gasteiger partial charge in [-0.05, 0) is 37.5 Å². The summed E-state index contributed by atoms with van der Waals surface area (Å²) in [7, 11) is -4.18. The number of anilines is 1. The van der Waals surface area contributed by atoms with Crippen molar-refractivity contribution in [3.63, 3.8) is 0 Å². The van der Waals surface area contributed by atoms with Gasteiger partial charge in [-0.15, -0.1) is 0 Å². The standard InChI is InChI=1S/C19H18N4O7S/c20-16-15-12(17(25)21-18(15)26)9-14(24)23(16)10-4-3-5-11(8-10)31(29,30)22-7-2-1-6-13(22)19(27)28/h3-5,8-9,13H,1-2,6-7,20H2,(H,27,28)(H,21,25,26). The molecule has 2 aliphatic heterocycles. The number of nitrogens with one attached hydrogen (secondary N) is 1. The minimum Gasteiger partial charge on any atom is -0.480 e. The first-order valence-corrected chi connectivity index (χ1v) is 10.8. The van der Waals surface area contributed by atoms with Gasteiger partial charge in [0.05, 0.1) is 21.7 Å². The van der Waals surface area contributed by atoms with Crippen LogP contribution >= 0.6 is 0 Å². The van der Waals surface area contributed by atoms with E-state index < -0.39 is 39.4 Å². The van der Waals surface area contributed by atoms with Crippen LogP contribution in [0.4, 0.5) is 5.82 Å². The number of aromatic nitrogens is 1. The summed E-state index contributed by atoms with van der Waals surface area (Å²) < 4.78 is 28.2. The molecule has 4 rings (SSSR count). The zero-order valence-electron chi connectivity index (χ0n) is 16.1. The Bertz CT molecular complexity index is 1300. The molecule has 11 nitrogen and oxygen atoms in total. The third-order valence-electron chi connectivity index (χ3n) is 5.37. The van der Waals surface area contributed by atoms with E-state index in [-0.39, 0.29) is 40.5 Å². The molecule has 1 saturated heterocycles. The summed E-state index contributed by atoms with van der Waals surface area (Å²) in [5.41, 5.74) is 5.01. The molecule has 162 valence electrons. The average Bonchev–Trinajstić information content (AvgIpc) is 3.01. The number of aliphatic carboxylic acids is 1. The number of imide groups is 1. The molecule has 12 heteroatoms. The van der Waals surface area contributed by atoms with Gasteiger partial charge in [-0.3, -0.25) is 29.1 Å². The highest BCUT2D eigenvalue weighted by Crippen LogP contribution is 2.28. The van der Waals surface area contributed by atoms with Crippen LogP contribution in [0, 0.1) is 0 Å². The Balaban J connectivity index is 1.83. The molecule has 1 unspecified atom stereocenters. The second kappa shape index (κ2) is 7.32. The predicted molar refractivity (Wildman–Crippen MR) is 107 cm³/mol. The summed E-state index contributed by atoms with van der Waals surface area (Å²) in [5, 5.41) is 11.5. The molecule has 1 atom stereocenters. The summed E-state index contributed by atoms with van der Waals surface area (Å²) in [6.07, 6.45) is 1.34. The zero-order chi connectivity index (χ0) is 22.5. The monoisotopic (exact) mass is 446 g/mol. The van der Waals surface area contributed by atoms with Gasteiger partial charge in [-0.25, -0.2) is 8.42 Å². The van der Waals surface area contributed by atoms with E-state index in [1.807, 2.05) is 0 Å². The number of nitrogen functional groups attached to an aromatic ring is 1. The molecule has 0 bridgehead atoms. The van der Waals surface area contributed by atoms with Gasteiger partial charge in [-0.2, -0.15) is 4.31 Å². The van der Waals surface area contributed by atoms with E-state index in [0.717, 1.165) is 14.9 Å². The number of pyridine rings is 1. The number of nitrogens with zero attached hydrogens (tertiary/aromatic N) is 2. The van der Waals surface area contributed by atoms with E-state index in [1.54, 1.807) is 0 Å². The summed E-state index contributed by atoms with van der Waals surface area (Å²) in [5.74, 6) is -3.03. The molecule has 1 aromatic carbocycles. The maximum Gasteiger partial charge on any atom is 0.322 e. The topological polar surface area (TPSA) is 169 Å². The van der Waals surface area contributed by atoms with Crippen LogP contribution in [0.15, 0.2) is 40.0 Å². The number of sulfonamides is 1. The van der Waals surface area contributed by atoms with Crippen molar-refractivity contribution in [3.05, 3.63) is 51.8 Å². The lowest BCUT2D eigenvalue weighted by Crippen LogP contribution is -2.47. The van der Waals surface area contributed by atoms with Gasteiger partial charge in [0, 0.05) is 12.6 Å². The van der Waals surface area contributed by atoms with Gasteiger partial charge < -0.3 is 10.8 Å². The number of carboxylic acids is 1. The third kappa shape index (κ3) is 3.29. The smallest absolute Gasteiger partial charge is 0.322 e. The maximum atomic E-state index is 13.2. The van der Waals surface area contributed by atoms with Gasteiger partial charge in [0.15, 0.2) is 0 Å². The van der Waals surface area contributed by atoms with Crippen LogP contribution in [0.3, 0.4) is 0 Å². The van der Waals surface area contributed by atoms with Crippen LogP contribution < -0.4 is 16.6 Å². The highest BCUT2D eigenvalue weighted by atomic mass is 32.2. The summed E-state index contributed by atoms with van der Waals surface area (Å²) >= 11 is 0. The summed E-state index contributed by atoms with van der Waals surface area (Å²) in [6.45, 7) is 0.0622. The number of carbonyl (C=O) groups excluding carboxylic acids is 2. The molecule has 0 aliphatic carbocycles. The number of benzene rings is 1. The summed E-state index contributed by atoms with van der Waals surface area (Å²) in [6, 6.07) is 5.05. The second-order valence-corrected chi connectivity index (χ2v) is 9.13. The molecule has 0 spiro atoms. The Morgan fingerprint density at radius 3 is 2.58 bits per heavy atom. The Morgan fingerprint density at radius 2 is 1.87 bits per heavy atom. The normalized spacial score (nSPS) is 19.2. The van der Waals surface area contributed by atoms with Crippen molar-refractivity contribution in [1.82, 2.24) is 14.2 Å². The lowest BCUT2D eigenvalue weighted by atomic mass is 10.1. The largest absolute Gasteiger partial charge is 0.480 e. The minimum atomic E-state index is -4.18. The number of nitrogens with two attached hydrogens (primary N) is 1. The van der Waals surface area contributed by atoms with Crippen molar-refractivity contribution in [2.45, 2.75) is 30.2 Å². The van der Waals surface area contributed by atoms with Crippen molar-refractivity contribution in [2.24, 2.45) is 0 Å². The van der Waals surface area contributed by atoms with Crippen LogP contribution in [0.1, 0.15) is 40.0 Å². The number of amides is 2. The lowest BCUT2D eigenvalue weighted by Gasteiger charge is -2.32. The van der Waals surface area contributed by atoms with Crippen LogP contribution in [-0.2, 0) is 14.8 Å². The van der Waals surface area contributed by atoms with E-state index in [9.17, 15) is 32.7 Å². The van der Waals surface area contributed by atoms with Crippen molar-refractivity contribution in [3.8, 4) is 5.69 Å². The SMILES string of the molecule is Nc1c2c(cc(=O)n1-c1cccc(S(=O)(=O)N3CCCCC3C(=O)O)c1)C(=O)NC2=O. The number of carbonyl (C=O) groups is 3. The van der Waals surface area contributed by atoms with Gasteiger partial charge in [0.2, 0.25) is 10.0 Å². The van der Waals surface area contributed by atoms with E-state index in [0.29, 0.717) is 12.8 Å².